The molecule has 0 amide bonds. The van der Waals surface area contributed by atoms with E-state index in [-0.39, 0.29) is 12.1 Å². The number of benzene rings is 1. The van der Waals surface area contributed by atoms with Crippen LogP contribution in [0.3, 0.4) is 0 Å². The number of pyridine rings is 1. The van der Waals surface area contributed by atoms with Crippen LogP contribution in [-0.4, -0.2) is 38.5 Å². The minimum Gasteiger partial charge on any atom is -0.497 e. The molecule has 4 heterocycles. The lowest BCUT2D eigenvalue weighted by molar-refractivity contribution is 0.320. The molecule has 0 bridgehead atoms. The maximum absolute atomic E-state index is 5.33. The molecule has 30 heavy (non-hydrogen) atoms. The van der Waals surface area contributed by atoms with E-state index < -0.39 is 0 Å². The van der Waals surface area contributed by atoms with Crippen LogP contribution >= 0.6 is 11.8 Å². The van der Waals surface area contributed by atoms with Crippen LogP contribution in [0.25, 0.3) is 5.69 Å². The van der Waals surface area contributed by atoms with Crippen molar-refractivity contribution in [3.63, 3.8) is 0 Å². The molecule has 0 unspecified atom stereocenters. The molecule has 2 aliphatic rings. The van der Waals surface area contributed by atoms with Crippen molar-refractivity contribution >= 4 is 16.9 Å². The predicted molar refractivity (Wildman–Crippen MR) is 123 cm³/mol. The average molecular weight is 419 g/mol. The van der Waals surface area contributed by atoms with E-state index in [9.17, 15) is 0 Å². The van der Waals surface area contributed by atoms with Crippen molar-refractivity contribution in [2.45, 2.75) is 38.1 Å². The lowest BCUT2D eigenvalue weighted by Gasteiger charge is -2.27. The molecule has 1 aromatic carbocycles. The Balaban J connectivity index is 1.59. The second kappa shape index (κ2) is 7.51. The highest BCUT2D eigenvalue weighted by molar-refractivity contribution is 8.14. The van der Waals surface area contributed by atoms with Crippen LogP contribution in [0.4, 0.5) is 0 Å². The molecule has 5 rings (SSSR count). The van der Waals surface area contributed by atoms with Gasteiger partial charge in [0, 0.05) is 35.1 Å². The molecule has 0 N–H and O–H groups in total. The number of amidine groups is 1. The lowest BCUT2D eigenvalue weighted by Crippen LogP contribution is -2.28. The summed E-state index contributed by atoms with van der Waals surface area (Å²) >= 11 is 1.88. The fraction of sp³-hybridized carbons (Fsp3) is 0.333. The van der Waals surface area contributed by atoms with Crippen molar-refractivity contribution in [2.75, 3.05) is 13.7 Å². The minimum absolute atomic E-state index is 0.0195. The number of methoxy groups -OCH3 is 1. The third kappa shape index (κ3) is 3.10. The summed E-state index contributed by atoms with van der Waals surface area (Å²) in [5.41, 5.74) is 5.99. The maximum atomic E-state index is 5.33. The van der Waals surface area contributed by atoms with Gasteiger partial charge in [-0.05, 0) is 61.9 Å². The topological polar surface area (TPSA) is 42.6 Å². The molecule has 1 saturated heterocycles. The number of aryl methyl sites for hydroxylation is 1. The number of aliphatic imine (C=N–C) groups is 1. The second-order valence-corrected chi connectivity index (χ2v) is 9.40. The number of thioether (sulfide) groups is 1. The molecular weight excluding hydrogens is 392 g/mol. The monoisotopic (exact) mass is 418 g/mol. The number of ether oxygens (including phenoxy) is 1. The molecular formula is C24H26N4OS. The van der Waals surface area contributed by atoms with Crippen molar-refractivity contribution in [1.29, 1.82) is 0 Å². The summed E-state index contributed by atoms with van der Waals surface area (Å²) in [6.07, 6.45) is 1.87. The van der Waals surface area contributed by atoms with Crippen molar-refractivity contribution in [3.05, 3.63) is 77.4 Å². The number of rotatable bonds is 4. The number of fused-ring (bicyclic) bond motifs is 1. The molecule has 0 spiro atoms. The molecule has 2 aromatic heterocycles. The Morgan fingerprint density at radius 1 is 1.10 bits per heavy atom. The maximum Gasteiger partial charge on any atom is 0.160 e. The van der Waals surface area contributed by atoms with Gasteiger partial charge in [0.15, 0.2) is 5.17 Å². The molecule has 6 heteroatoms. The van der Waals surface area contributed by atoms with E-state index in [1.54, 1.807) is 7.11 Å². The van der Waals surface area contributed by atoms with Crippen molar-refractivity contribution in [3.8, 4) is 11.4 Å². The Kier molecular flexibility index (Phi) is 4.82. The van der Waals surface area contributed by atoms with Gasteiger partial charge in [-0.1, -0.05) is 24.8 Å². The van der Waals surface area contributed by atoms with Gasteiger partial charge in [0.25, 0.3) is 0 Å². The van der Waals surface area contributed by atoms with Gasteiger partial charge in [-0.15, -0.1) is 0 Å². The van der Waals surface area contributed by atoms with Crippen LogP contribution in [0.15, 0.2) is 59.7 Å². The number of aromatic nitrogens is 2. The van der Waals surface area contributed by atoms with E-state index in [1.165, 1.54) is 17.0 Å². The van der Waals surface area contributed by atoms with Gasteiger partial charge in [-0.2, -0.15) is 0 Å². The zero-order valence-electron chi connectivity index (χ0n) is 17.7. The normalized spacial score (nSPS) is 22.9. The Labute approximate surface area is 181 Å². The van der Waals surface area contributed by atoms with Gasteiger partial charge in [-0.3, -0.25) is 9.98 Å². The van der Waals surface area contributed by atoms with Crippen molar-refractivity contribution < 1.29 is 4.74 Å². The summed E-state index contributed by atoms with van der Waals surface area (Å²) in [4.78, 5) is 12.3. The standard InChI is InChI=1S/C24H26N4OS/c1-15-13-20(17(3)28(15)18-8-10-19(29-4)11-9-18)23-22(21-7-5-6-12-25-21)26-24-27(23)14-16(2)30-24/h5-13,16,22-23H,14H2,1-4H3/t16-,22+,23-/m0/s1. The van der Waals surface area contributed by atoms with Gasteiger partial charge in [0.05, 0.1) is 18.8 Å². The van der Waals surface area contributed by atoms with Crippen LogP contribution < -0.4 is 4.74 Å². The molecule has 1 fully saturated rings. The summed E-state index contributed by atoms with van der Waals surface area (Å²) in [6.45, 7) is 7.68. The highest BCUT2D eigenvalue weighted by atomic mass is 32.2. The minimum atomic E-state index is 0.0195. The fourth-order valence-corrected chi connectivity index (χ4v) is 5.76. The largest absolute Gasteiger partial charge is 0.497 e. The van der Waals surface area contributed by atoms with E-state index >= 15 is 0 Å². The Hall–Kier alpha value is -2.73. The second-order valence-electron chi connectivity index (χ2n) is 8.00. The summed E-state index contributed by atoms with van der Waals surface area (Å²) < 4.78 is 7.66. The first kappa shape index (κ1) is 19.2. The van der Waals surface area contributed by atoms with Gasteiger partial charge in [0.2, 0.25) is 0 Å². The summed E-state index contributed by atoms with van der Waals surface area (Å²) in [5, 5.41) is 1.71. The molecule has 3 atom stereocenters. The van der Waals surface area contributed by atoms with Gasteiger partial charge in [0.1, 0.15) is 11.8 Å². The first-order chi connectivity index (χ1) is 14.6. The van der Waals surface area contributed by atoms with E-state index in [1.807, 2.05) is 36.2 Å². The highest BCUT2D eigenvalue weighted by Gasteiger charge is 2.44. The Morgan fingerprint density at radius 3 is 2.60 bits per heavy atom. The van der Waals surface area contributed by atoms with E-state index in [2.05, 4.69) is 65.6 Å². The highest BCUT2D eigenvalue weighted by Crippen LogP contribution is 2.48. The SMILES string of the molecule is COc1ccc(-n2c(C)cc([C@H]3[C@@H](c4ccccn4)N=C4S[C@@H](C)CN43)c2C)cc1. The van der Waals surface area contributed by atoms with Crippen LogP contribution in [0.5, 0.6) is 5.75 Å². The summed E-state index contributed by atoms with van der Waals surface area (Å²) in [6, 6.07) is 16.9. The van der Waals surface area contributed by atoms with Crippen LogP contribution in [0, 0.1) is 13.8 Å². The first-order valence-electron chi connectivity index (χ1n) is 10.3. The van der Waals surface area contributed by atoms with Crippen molar-refractivity contribution in [1.82, 2.24) is 14.5 Å². The van der Waals surface area contributed by atoms with Crippen LogP contribution in [0.2, 0.25) is 0 Å². The van der Waals surface area contributed by atoms with E-state index in [4.69, 9.17) is 9.73 Å². The first-order valence-corrected chi connectivity index (χ1v) is 11.2. The third-order valence-electron chi connectivity index (χ3n) is 6.00. The average Bonchev–Trinajstić information content (AvgIpc) is 3.38. The predicted octanol–water partition coefficient (Wildman–Crippen LogP) is 5.09. The van der Waals surface area contributed by atoms with Crippen LogP contribution in [0.1, 0.15) is 41.7 Å². The number of hydrogen-bond acceptors (Lipinski definition) is 5. The smallest absolute Gasteiger partial charge is 0.160 e. The fourth-order valence-electron chi connectivity index (χ4n) is 4.67. The zero-order valence-corrected chi connectivity index (χ0v) is 18.6. The lowest BCUT2D eigenvalue weighted by atomic mass is 9.96. The van der Waals surface area contributed by atoms with Crippen molar-refractivity contribution in [2.24, 2.45) is 4.99 Å². The molecule has 2 aliphatic heterocycles. The number of hydrogen-bond donors (Lipinski definition) is 0. The quantitative estimate of drug-likeness (QED) is 0.592. The Morgan fingerprint density at radius 2 is 1.90 bits per heavy atom. The Bertz CT molecular complexity index is 1090. The molecule has 0 aliphatic carbocycles. The molecule has 154 valence electrons. The van der Waals surface area contributed by atoms with Gasteiger partial charge >= 0.3 is 0 Å². The summed E-state index contributed by atoms with van der Waals surface area (Å²) in [7, 11) is 1.70. The summed E-state index contributed by atoms with van der Waals surface area (Å²) in [5.74, 6) is 0.869. The van der Waals surface area contributed by atoms with E-state index in [0.29, 0.717) is 5.25 Å². The number of nitrogens with zero attached hydrogens (tertiary/aromatic N) is 4. The van der Waals surface area contributed by atoms with Gasteiger partial charge in [-0.25, -0.2) is 0 Å². The van der Waals surface area contributed by atoms with Crippen LogP contribution in [-0.2, 0) is 0 Å². The van der Waals surface area contributed by atoms with Gasteiger partial charge < -0.3 is 14.2 Å². The third-order valence-corrected chi connectivity index (χ3v) is 7.10. The molecule has 5 nitrogen and oxygen atoms in total. The molecule has 0 saturated carbocycles. The van der Waals surface area contributed by atoms with E-state index in [0.717, 1.165) is 28.8 Å². The molecule has 3 aromatic rings. The molecule has 0 radical (unpaired) electrons. The zero-order chi connectivity index (χ0) is 20.8.